The minimum atomic E-state index is -0.431. The van der Waals surface area contributed by atoms with Crippen LogP contribution in [0, 0.1) is 27.9 Å². The molecule has 1 aromatic rings. The Morgan fingerprint density at radius 3 is 3.00 bits per heavy atom. The highest BCUT2D eigenvalue weighted by Crippen LogP contribution is 2.49. The largest absolute Gasteiger partial charge is 0.406 e. The Morgan fingerprint density at radius 2 is 2.37 bits per heavy atom. The molecule has 19 heavy (non-hydrogen) atoms. The van der Waals surface area contributed by atoms with Gasteiger partial charge in [-0.25, -0.2) is 0 Å². The highest BCUT2D eigenvalue weighted by Gasteiger charge is 2.38. The van der Waals surface area contributed by atoms with E-state index in [0.717, 1.165) is 30.7 Å². The Kier molecular flexibility index (Phi) is 3.16. The summed E-state index contributed by atoms with van der Waals surface area (Å²) in [4.78, 5) is 14.2. The number of aryl methyl sites for hydroxylation is 1. The number of hydrogen-bond donors (Lipinski definition) is 1. The van der Waals surface area contributed by atoms with Crippen LogP contribution < -0.4 is 5.32 Å². The zero-order valence-corrected chi connectivity index (χ0v) is 11.2. The molecule has 1 N–H and O–H groups in total. The molecule has 104 valence electrons. The molecule has 0 aliphatic heterocycles. The number of imidazole rings is 1. The summed E-state index contributed by atoms with van der Waals surface area (Å²) in [6.07, 6.45) is 8.18. The van der Waals surface area contributed by atoms with Crippen molar-refractivity contribution < 1.29 is 4.92 Å². The SMILES string of the molecule is Cn1cnc([N+](=O)[O-])c1NCCC1CC2CCC1C2. The molecule has 2 bridgehead atoms. The first-order valence-electron chi connectivity index (χ1n) is 7.04. The number of anilines is 1. The number of nitrogens with zero attached hydrogens (tertiary/aromatic N) is 3. The van der Waals surface area contributed by atoms with Crippen LogP contribution in [0.3, 0.4) is 0 Å². The van der Waals surface area contributed by atoms with Crippen molar-refractivity contribution in [3.8, 4) is 0 Å². The van der Waals surface area contributed by atoms with Crippen LogP contribution in [0.1, 0.15) is 32.1 Å². The van der Waals surface area contributed by atoms with Gasteiger partial charge in [-0.1, -0.05) is 6.42 Å². The van der Waals surface area contributed by atoms with E-state index < -0.39 is 4.92 Å². The molecule has 3 rings (SSSR count). The van der Waals surface area contributed by atoms with Crippen LogP contribution in [-0.4, -0.2) is 21.0 Å². The molecule has 3 atom stereocenters. The van der Waals surface area contributed by atoms with E-state index in [1.807, 2.05) is 0 Å². The third-order valence-corrected chi connectivity index (χ3v) is 4.78. The van der Waals surface area contributed by atoms with Gasteiger partial charge in [0.1, 0.15) is 0 Å². The molecule has 2 aliphatic carbocycles. The minimum absolute atomic E-state index is 0.0737. The average molecular weight is 264 g/mol. The van der Waals surface area contributed by atoms with Crippen LogP contribution in [-0.2, 0) is 7.05 Å². The van der Waals surface area contributed by atoms with E-state index in [1.165, 1.54) is 32.0 Å². The van der Waals surface area contributed by atoms with Crippen molar-refractivity contribution in [1.82, 2.24) is 9.55 Å². The van der Waals surface area contributed by atoms with Crippen LogP contribution in [0.25, 0.3) is 0 Å². The van der Waals surface area contributed by atoms with Gasteiger partial charge in [0.25, 0.3) is 0 Å². The Morgan fingerprint density at radius 1 is 1.53 bits per heavy atom. The van der Waals surface area contributed by atoms with E-state index in [2.05, 4.69) is 10.3 Å². The van der Waals surface area contributed by atoms with Crippen molar-refractivity contribution in [2.75, 3.05) is 11.9 Å². The first-order chi connectivity index (χ1) is 9.15. The molecule has 2 fully saturated rings. The zero-order chi connectivity index (χ0) is 13.4. The monoisotopic (exact) mass is 264 g/mol. The standard InChI is InChI=1S/C13H20N4O2/c1-16-8-15-13(17(18)19)12(16)14-5-4-11-7-9-2-3-10(11)6-9/h8-11,14H,2-7H2,1H3. The maximum atomic E-state index is 10.8. The predicted octanol–water partition coefficient (Wildman–Crippen LogP) is 2.57. The average Bonchev–Trinajstić information content (AvgIpc) is 3.05. The summed E-state index contributed by atoms with van der Waals surface area (Å²) in [6.45, 7) is 0.800. The van der Waals surface area contributed by atoms with Crippen molar-refractivity contribution in [3.63, 3.8) is 0 Å². The van der Waals surface area contributed by atoms with Gasteiger partial charge >= 0.3 is 5.82 Å². The van der Waals surface area contributed by atoms with Gasteiger partial charge in [0.2, 0.25) is 12.1 Å². The van der Waals surface area contributed by atoms with Gasteiger partial charge < -0.3 is 15.4 Å². The van der Waals surface area contributed by atoms with E-state index in [9.17, 15) is 10.1 Å². The third-order valence-electron chi connectivity index (χ3n) is 4.78. The Balaban J connectivity index is 1.55. The van der Waals surface area contributed by atoms with Gasteiger partial charge in [0.05, 0.1) is 0 Å². The van der Waals surface area contributed by atoms with Crippen molar-refractivity contribution in [3.05, 3.63) is 16.4 Å². The molecule has 1 aromatic heterocycles. The predicted molar refractivity (Wildman–Crippen MR) is 71.9 cm³/mol. The summed E-state index contributed by atoms with van der Waals surface area (Å²) in [6, 6.07) is 0. The second-order valence-electron chi connectivity index (χ2n) is 5.94. The van der Waals surface area contributed by atoms with Gasteiger partial charge in [-0.3, -0.25) is 4.57 Å². The molecule has 0 amide bonds. The van der Waals surface area contributed by atoms with Crippen LogP contribution in [0.5, 0.6) is 0 Å². The number of fused-ring (bicyclic) bond motifs is 2. The number of aromatic nitrogens is 2. The van der Waals surface area contributed by atoms with Crippen LogP contribution >= 0.6 is 0 Å². The third kappa shape index (κ3) is 2.31. The van der Waals surface area contributed by atoms with Crippen molar-refractivity contribution >= 4 is 11.6 Å². The summed E-state index contributed by atoms with van der Waals surface area (Å²) < 4.78 is 1.68. The molecule has 0 radical (unpaired) electrons. The molecule has 0 saturated heterocycles. The topological polar surface area (TPSA) is 73.0 Å². The highest BCUT2D eigenvalue weighted by atomic mass is 16.6. The van der Waals surface area contributed by atoms with Gasteiger partial charge in [-0.15, -0.1) is 0 Å². The molecule has 6 heteroatoms. The fourth-order valence-corrected chi connectivity index (χ4v) is 3.86. The molecule has 6 nitrogen and oxygen atoms in total. The van der Waals surface area contributed by atoms with Gasteiger partial charge in [-0.2, -0.15) is 0 Å². The summed E-state index contributed by atoms with van der Waals surface area (Å²) >= 11 is 0. The quantitative estimate of drug-likeness (QED) is 0.655. The highest BCUT2D eigenvalue weighted by molar-refractivity contribution is 5.51. The van der Waals surface area contributed by atoms with Crippen LogP contribution in [0.2, 0.25) is 0 Å². The molecule has 0 aromatic carbocycles. The molecule has 0 spiro atoms. The number of rotatable bonds is 5. The summed E-state index contributed by atoms with van der Waals surface area (Å²) in [5, 5.41) is 14.0. The van der Waals surface area contributed by atoms with Crippen LogP contribution in [0.4, 0.5) is 11.6 Å². The van der Waals surface area contributed by atoms with E-state index in [4.69, 9.17) is 0 Å². The lowest BCUT2D eigenvalue weighted by molar-refractivity contribution is -0.388. The summed E-state index contributed by atoms with van der Waals surface area (Å²) in [5.74, 6) is 3.14. The first-order valence-corrected chi connectivity index (χ1v) is 7.04. The number of nitrogens with one attached hydrogen (secondary N) is 1. The Bertz CT molecular complexity index is 485. The fourth-order valence-electron chi connectivity index (χ4n) is 3.86. The van der Waals surface area contributed by atoms with E-state index in [1.54, 1.807) is 11.6 Å². The molecular weight excluding hydrogens is 244 g/mol. The molecular formula is C13H20N4O2. The van der Waals surface area contributed by atoms with Crippen molar-refractivity contribution in [2.24, 2.45) is 24.8 Å². The molecule has 2 saturated carbocycles. The smallest absolute Gasteiger partial charge is 0.364 e. The fraction of sp³-hybridized carbons (Fsp3) is 0.769. The molecule has 2 aliphatic rings. The van der Waals surface area contributed by atoms with Crippen LogP contribution in [0.15, 0.2) is 6.33 Å². The zero-order valence-electron chi connectivity index (χ0n) is 11.2. The Hall–Kier alpha value is -1.59. The lowest BCUT2D eigenvalue weighted by Gasteiger charge is -2.21. The van der Waals surface area contributed by atoms with E-state index >= 15 is 0 Å². The lowest BCUT2D eigenvalue weighted by Crippen LogP contribution is -2.16. The molecule has 1 heterocycles. The van der Waals surface area contributed by atoms with Gasteiger partial charge in [0, 0.05) is 13.6 Å². The maximum absolute atomic E-state index is 10.8. The summed E-state index contributed by atoms with van der Waals surface area (Å²) in [7, 11) is 1.78. The number of nitro groups is 1. The van der Waals surface area contributed by atoms with E-state index in [0.29, 0.717) is 5.82 Å². The second kappa shape index (κ2) is 4.83. The van der Waals surface area contributed by atoms with Gasteiger partial charge in [0.15, 0.2) is 0 Å². The van der Waals surface area contributed by atoms with Crippen molar-refractivity contribution in [1.29, 1.82) is 0 Å². The maximum Gasteiger partial charge on any atom is 0.406 e. The van der Waals surface area contributed by atoms with E-state index in [-0.39, 0.29) is 5.82 Å². The second-order valence-corrected chi connectivity index (χ2v) is 5.94. The normalized spacial score (nSPS) is 28.8. The summed E-state index contributed by atoms with van der Waals surface area (Å²) in [5.41, 5.74) is 0. The number of hydrogen-bond acceptors (Lipinski definition) is 4. The molecule has 3 unspecified atom stereocenters. The van der Waals surface area contributed by atoms with Crippen molar-refractivity contribution in [2.45, 2.75) is 32.1 Å². The Labute approximate surface area is 112 Å². The first kappa shape index (κ1) is 12.4. The lowest BCUT2D eigenvalue weighted by atomic mass is 9.86. The minimum Gasteiger partial charge on any atom is -0.364 e. The van der Waals surface area contributed by atoms with Gasteiger partial charge in [-0.05, 0) is 53.3 Å².